The second-order valence-electron chi connectivity index (χ2n) is 10.6. The smallest absolute Gasteiger partial charge is 0.308 e. The molecule has 2 fully saturated rings. The van der Waals surface area contributed by atoms with Crippen LogP contribution in [-0.2, 0) is 6.18 Å². The van der Waals surface area contributed by atoms with Crippen LogP contribution in [-0.4, -0.2) is 51.7 Å². The summed E-state index contributed by atoms with van der Waals surface area (Å²) in [5.41, 5.74) is 1.34. The monoisotopic (exact) mass is 579 g/mol. The van der Waals surface area contributed by atoms with Crippen molar-refractivity contribution in [3.63, 3.8) is 0 Å². The lowest BCUT2D eigenvalue weighted by atomic mass is 9.71. The number of amides is 1. The van der Waals surface area contributed by atoms with Crippen molar-refractivity contribution in [1.82, 2.24) is 14.8 Å². The lowest BCUT2D eigenvalue weighted by molar-refractivity contribution is -0.137. The third-order valence-corrected chi connectivity index (χ3v) is 8.23. The molecule has 3 heterocycles. The third kappa shape index (κ3) is 5.79. The topological polar surface area (TPSA) is 36.4 Å². The molecule has 1 aromatic carbocycles. The SMILES string of the molecule is CC1(Cl)C=C2C(=CC1)N(C(=O)c1ccnc(Cl)c1)CC21CCN(C/C=C/c2ccc(C(F)(F)F)cc2F)CC1. The maximum absolute atomic E-state index is 14.2. The number of nitrogens with zero attached hydrogens (tertiary/aromatic N) is 3. The zero-order valence-corrected chi connectivity index (χ0v) is 22.8. The van der Waals surface area contributed by atoms with Gasteiger partial charge in [-0.3, -0.25) is 9.69 Å². The highest BCUT2D eigenvalue weighted by Crippen LogP contribution is 2.53. The van der Waals surface area contributed by atoms with Crippen LogP contribution in [0, 0.1) is 11.2 Å². The second-order valence-corrected chi connectivity index (χ2v) is 11.9. The van der Waals surface area contributed by atoms with Crippen molar-refractivity contribution < 1.29 is 22.4 Å². The first kappa shape index (κ1) is 27.9. The minimum atomic E-state index is -4.58. The van der Waals surface area contributed by atoms with Crippen molar-refractivity contribution in [2.45, 2.75) is 37.2 Å². The van der Waals surface area contributed by atoms with Gasteiger partial charge in [0.25, 0.3) is 5.91 Å². The predicted octanol–water partition coefficient (Wildman–Crippen LogP) is 7.36. The molecule has 0 bridgehead atoms. The molecule has 2 saturated heterocycles. The molecule has 1 aromatic heterocycles. The van der Waals surface area contributed by atoms with E-state index in [0.717, 1.165) is 49.3 Å². The van der Waals surface area contributed by atoms with Crippen molar-refractivity contribution in [2.24, 2.45) is 5.41 Å². The highest BCUT2D eigenvalue weighted by atomic mass is 35.5. The van der Waals surface area contributed by atoms with E-state index >= 15 is 0 Å². The minimum Gasteiger partial charge on any atom is -0.308 e. The number of aromatic nitrogens is 1. The average molecular weight is 580 g/mol. The Hall–Kier alpha value is -2.68. The van der Waals surface area contributed by atoms with Crippen molar-refractivity contribution in [3.8, 4) is 0 Å². The van der Waals surface area contributed by atoms with Crippen LogP contribution in [0.5, 0.6) is 0 Å². The first-order valence-electron chi connectivity index (χ1n) is 12.7. The molecule has 39 heavy (non-hydrogen) atoms. The van der Waals surface area contributed by atoms with Gasteiger partial charge in [-0.1, -0.05) is 42.0 Å². The van der Waals surface area contributed by atoms with Gasteiger partial charge in [0, 0.05) is 41.5 Å². The van der Waals surface area contributed by atoms with Gasteiger partial charge in [-0.05, 0) is 69.1 Å². The molecule has 4 nitrogen and oxygen atoms in total. The van der Waals surface area contributed by atoms with E-state index in [1.54, 1.807) is 18.2 Å². The Morgan fingerprint density at radius 2 is 1.92 bits per heavy atom. The molecule has 2 aromatic rings. The molecule has 1 atom stereocenters. The third-order valence-electron chi connectivity index (χ3n) is 7.76. The van der Waals surface area contributed by atoms with E-state index in [1.165, 1.54) is 12.3 Å². The van der Waals surface area contributed by atoms with Gasteiger partial charge in [-0.25, -0.2) is 9.37 Å². The normalized spacial score (nSPS) is 23.2. The molecule has 0 radical (unpaired) electrons. The number of carbonyl (C=O) groups excluding carboxylic acids is 1. The number of fused-ring (bicyclic) bond motifs is 2. The number of hydrogen-bond acceptors (Lipinski definition) is 3. The molecule has 2 aliphatic heterocycles. The van der Waals surface area contributed by atoms with E-state index < -0.39 is 22.4 Å². The molecule has 206 valence electrons. The maximum atomic E-state index is 14.2. The standard InChI is InChI=1S/C29H27Cl2F4N3O/c1-27(31)8-6-24-22(17-27)28(18-38(24)26(39)20-7-11-36-25(30)15-20)9-13-37(14-10-28)12-2-3-19-4-5-21(16-23(19)32)29(33,34)35/h2-7,11,15-17H,8-10,12-14,18H2,1H3/b3-2+. The molecule has 1 amide bonds. The lowest BCUT2D eigenvalue weighted by Gasteiger charge is -2.40. The van der Waals surface area contributed by atoms with Gasteiger partial charge in [0.15, 0.2) is 0 Å². The molecular formula is C29H27Cl2F4N3O. The zero-order valence-electron chi connectivity index (χ0n) is 21.2. The van der Waals surface area contributed by atoms with Crippen molar-refractivity contribution in [1.29, 1.82) is 0 Å². The van der Waals surface area contributed by atoms with Gasteiger partial charge in [-0.15, -0.1) is 11.6 Å². The van der Waals surface area contributed by atoms with Crippen LogP contribution < -0.4 is 0 Å². The van der Waals surface area contributed by atoms with Gasteiger partial charge in [0.2, 0.25) is 0 Å². The summed E-state index contributed by atoms with van der Waals surface area (Å²) in [6.07, 6.45) is 6.57. The van der Waals surface area contributed by atoms with Gasteiger partial charge in [-0.2, -0.15) is 13.2 Å². The van der Waals surface area contributed by atoms with Crippen molar-refractivity contribution in [2.75, 3.05) is 26.2 Å². The van der Waals surface area contributed by atoms with Crippen molar-refractivity contribution in [3.05, 3.63) is 93.7 Å². The summed E-state index contributed by atoms with van der Waals surface area (Å²) in [6, 6.07) is 5.78. The molecule has 5 rings (SSSR count). The predicted molar refractivity (Wildman–Crippen MR) is 144 cm³/mol. The fourth-order valence-corrected chi connectivity index (χ4v) is 5.98. The zero-order chi connectivity index (χ0) is 28.0. The summed E-state index contributed by atoms with van der Waals surface area (Å²) in [4.78, 5) is 21.0. The van der Waals surface area contributed by atoms with Crippen LogP contribution in [0.15, 0.2) is 66.0 Å². The Bertz CT molecular complexity index is 1370. The fourth-order valence-electron chi connectivity index (χ4n) is 5.62. The van der Waals surface area contributed by atoms with E-state index in [4.69, 9.17) is 23.2 Å². The Balaban J connectivity index is 1.29. The largest absolute Gasteiger partial charge is 0.416 e. The molecule has 0 saturated carbocycles. The maximum Gasteiger partial charge on any atom is 0.416 e. The highest BCUT2D eigenvalue weighted by molar-refractivity contribution is 6.29. The number of piperidine rings is 1. The Labute approximate surface area is 234 Å². The van der Waals surface area contributed by atoms with E-state index in [-0.39, 0.29) is 22.0 Å². The van der Waals surface area contributed by atoms with Crippen LogP contribution in [0.2, 0.25) is 5.15 Å². The van der Waals surface area contributed by atoms with E-state index in [1.807, 2.05) is 17.9 Å². The van der Waals surface area contributed by atoms with Gasteiger partial charge < -0.3 is 4.90 Å². The number of benzene rings is 1. The number of pyridine rings is 1. The minimum absolute atomic E-state index is 0.112. The summed E-state index contributed by atoms with van der Waals surface area (Å²) in [6.45, 7) is 4.52. The number of rotatable bonds is 4. The number of allylic oxidation sites excluding steroid dienone is 3. The summed E-state index contributed by atoms with van der Waals surface area (Å²) >= 11 is 12.8. The lowest BCUT2D eigenvalue weighted by Crippen LogP contribution is -2.43. The molecule has 1 aliphatic carbocycles. The summed E-state index contributed by atoms with van der Waals surface area (Å²) < 4.78 is 52.6. The molecule has 1 spiro atoms. The molecule has 10 heteroatoms. The van der Waals surface area contributed by atoms with E-state index in [0.29, 0.717) is 31.1 Å². The Morgan fingerprint density at radius 3 is 2.59 bits per heavy atom. The number of likely N-dealkylation sites (tertiary alicyclic amines) is 2. The molecular weight excluding hydrogens is 553 g/mol. The van der Waals surface area contributed by atoms with Gasteiger partial charge in [0.05, 0.1) is 10.4 Å². The first-order chi connectivity index (χ1) is 18.4. The first-order valence-corrected chi connectivity index (χ1v) is 13.4. The summed E-state index contributed by atoms with van der Waals surface area (Å²) in [5, 5.41) is 0.258. The molecule has 0 N–H and O–H groups in total. The summed E-state index contributed by atoms with van der Waals surface area (Å²) in [7, 11) is 0. The van der Waals surface area contributed by atoms with E-state index in [9.17, 15) is 22.4 Å². The van der Waals surface area contributed by atoms with Crippen LogP contribution in [0.25, 0.3) is 6.08 Å². The second kappa shape index (κ2) is 10.4. The Kier molecular flexibility index (Phi) is 7.42. The van der Waals surface area contributed by atoms with Crippen LogP contribution in [0.1, 0.15) is 47.7 Å². The average Bonchev–Trinajstić information content (AvgIpc) is 3.17. The van der Waals surface area contributed by atoms with Gasteiger partial charge in [0.1, 0.15) is 11.0 Å². The van der Waals surface area contributed by atoms with Crippen molar-refractivity contribution >= 4 is 35.2 Å². The molecule has 3 aliphatic rings. The van der Waals surface area contributed by atoms with Gasteiger partial charge >= 0.3 is 6.18 Å². The fraction of sp³-hybridized carbons (Fsp3) is 0.379. The quantitative estimate of drug-likeness (QED) is 0.216. The number of alkyl halides is 4. The summed E-state index contributed by atoms with van der Waals surface area (Å²) in [5.74, 6) is -1.03. The van der Waals surface area contributed by atoms with Crippen LogP contribution in [0.4, 0.5) is 17.6 Å². The number of hydrogen-bond donors (Lipinski definition) is 0. The molecule has 1 unspecified atom stereocenters. The number of halogens is 6. The van der Waals surface area contributed by atoms with Crippen LogP contribution >= 0.6 is 23.2 Å². The number of carbonyl (C=O) groups is 1. The highest BCUT2D eigenvalue weighted by Gasteiger charge is 2.50. The van der Waals surface area contributed by atoms with Crippen LogP contribution in [0.3, 0.4) is 0 Å². The van der Waals surface area contributed by atoms with E-state index in [2.05, 4.69) is 16.0 Å². The Morgan fingerprint density at radius 1 is 1.18 bits per heavy atom.